The second kappa shape index (κ2) is 8.96. The number of amides is 1. The van der Waals surface area contributed by atoms with Crippen LogP contribution in [0.2, 0.25) is 0 Å². The summed E-state index contributed by atoms with van der Waals surface area (Å²) < 4.78 is 1.04. The number of aryl methyl sites for hydroxylation is 2. The third kappa shape index (κ3) is 4.70. The number of halogens is 1. The van der Waals surface area contributed by atoms with Crippen molar-refractivity contribution in [3.05, 3.63) is 70.2 Å². The Kier molecular flexibility index (Phi) is 6.13. The number of carbonyl (C=O) groups excluding carboxylic acids is 1. The smallest absolute Gasteiger partial charge is 0.229 e. The van der Waals surface area contributed by atoms with Gasteiger partial charge >= 0.3 is 0 Å². The van der Waals surface area contributed by atoms with Gasteiger partial charge in [0.15, 0.2) is 5.82 Å². The molecule has 0 aliphatic carbocycles. The zero-order chi connectivity index (χ0) is 21.1. The van der Waals surface area contributed by atoms with Crippen molar-refractivity contribution < 1.29 is 4.79 Å². The topological polar surface area (TPSA) is 58.1 Å². The van der Waals surface area contributed by atoms with Gasteiger partial charge in [0.2, 0.25) is 5.91 Å². The molecule has 0 spiro atoms. The number of carbonyl (C=O) groups is 1. The molecule has 154 valence electrons. The maximum absolute atomic E-state index is 12.8. The number of anilines is 2. The van der Waals surface area contributed by atoms with Gasteiger partial charge in [-0.15, -0.1) is 10.2 Å². The van der Waals surface area contributed by atoms with Crippen molar-refractivity contribution in [3.8, 4) is 11.3 Å². The number of rotatable bonds is 4. The third-order valence-electron chi connectivity index (χ3n) is 5.54. The number of nitrogens with zero attached hydrogens (tertiary/aromatic N) is 3. The van der Waals surface area contributed by atoms with Crippen LogP contribution in [0.1, 0.15) is 24.0 Å². The van der Waals surface area contributed by atoms with Gasteiger partial charge in [-0.25, -0.2) is 0 Å². The van der Waals surface area contributed by atoms with Crippen LogP contribution in [0.15, 0.2) is 59.1 Å². The van der Waals surface area contributed by atoms with Gasteiger partial charge in [0.25, 0.3) is 0 Å². The highest BCUT2D eigenvalue weighted by Crippen LogP contribution is 2.25. The van der Waals surface area contributed by atoms with Crippen molar-refractivity contribution in [1.29, 1.82) is 0 Å². The zero-order valence-corrected chi connectivity index (χ0v) is 18.8. The van der Waals surface area contributed by atoms with Crippen molar-refractivity contribution in [3.63, 3.8) is 0 Å². The number of hydrogen-bond donors (Lipinski definition) is 1. The maximum atomic E-state index is 12.8. The molecule has 0 bridgehead atoms. The van der Waals surface area contributed by atoms with Crippen molar-refractivity contribution >= 4 is 33.3 Å². The fraction of sp³-hybridized carbons (Fsp3) is 0.292. The highest BCUT2D eigenvalue weighted by Gasteiger charge is 2.27. The van der Waals surface area contributed by atoms with E-state index in [4.69, 9.17) is 0 Å². The average molecular weight is 465 g/mol. The molecule has 0 radical (unpaired) electrons. The third-order valence-corrected chi connectivity index (χ3v) is 6.43. The SMILES string of the molecule is Cc1ccc(-c2ccc(N3CCCC(C(=O)Nc4ccc(Br)c(C)c4)C3)nn2)cc1. The van der Waals surface area contributed by atoms with Crippen molar-refractivity contribution in [2.45, 2.75) is 26.7 Å². The standard InChI is InChI=1S/C24H25BrN4O/c1-16-5-7-18(8-6-16)22-11-12-23(28-27-22)29-13-3-4-19(15-29)24(30)26-20-9-10-21(25)17(2)14-20/h5-12,14,19H,3-4,13,15H2,1-2H3,(H,26,30). The summed E-state index contributed by atoms with van der Waals surface area (Å²) in [5.74, 6) is 0.815. The predicted molar refractivity (Wildman–Crippen MR) is 125 cm³/mol. The Morgan fingerprint density at radius 3 is 2.57 bits per heavy atom. The van der Waals surface area contributed by atoms with Gasteiger partial charge in [0, 0.05) is 28.8 Å². The Hall–Kier alpha value is -2.73. The molecular formula is C24H25BrN4O. The van der Waals surface area contributed by atoms with Crippen LogP contribution in [-0.4, -0.2) is 29.2 Å². The number of benzene rings is 2. The van der Waals surface area contributed by atoms with Crippen LogP contribution in [0.25, 0.3) is 11.3 Å². The molecule has 5 nitrogen and oxygen atoms in total. The lowest BCUT2D eigenvalue weighted by Gasteiger charge is -2.32. The first-order valence-corrected chi connectivity index (χ1v) is 11.0. The van der Waals surface area contributed by atoms with Crippen molar-refractivity contribution in [2.24, 2.45) is 5.92 Å². The van der Waals surface area contributed by atoms with E-state index in [9.17, 15) is 4.79 Å². The van der Waals surface area contributed by atoms with E-state index in [2.05, 4.69) is 67.5 Å². The summed E-state index contributed by atoms with van der Waals surface area (Å²) in [6.45, 7) is 5.63. The molecule has 1 unspecified atom stereocenters. The number of nitrogens with one attached hydrogen (secondary N) is 1. The van der Waals surface area contributed by atoms with Gasteiger partial charge in [-0.1, -0.05) is 45.8 Å². The summed E-state index contributed by atoms with van der Waals surface area (Å²) in [4.78, 5) is 15.0. The lowest BCUT2D eigenvalue weighted by Crippen LogP contribution is -2.41. The number of aromatic nitrogens is 2. The molecule has 1 amide bonds. The van der Waals surface area contributed by atoms with E-state index in [0.29, 0.717) is 6.54 Å². The molecule has 6 heteroatoms. The minimum Gasteiger partial charge on any atom is -0.354 e. The van der Waals surface area contributed by atoms with Gasteiger partial charge in [0.1, 0.15) is 0 Å². The number of piperidine rings is 1. The molecule has 30 heavy (non-hydrogen) atoms. The van der Waals surface area contributed by atoms with Crippen LogP contribution in [0.3, 0.4) is 0 Å². The Bertz CT molecular complexity index is 1030. The van der Waals surface area contributed by atoms with Crippen LogP contribution < -0.4 is 10.2 Å². The van der Waals surface area contributed by atoms with Gasteiger partial charge < -0.3 is 10.2 Å². The van der Waals surface area contributed by atoms with Gasteiger partial charge in [-0.2, -0.15) is 0 Å². The second-order valence-electron chi connectivity index (χ2n) is 7.88. The lowest BCUT2D eigenvalue weighted by molar-refractivity contribution is -0.120. The molecule has 1 atom stereocenters. The van der Waals surface area contributed by atoms with E-state index >= 15 is 0 Å². The van der Waals surface area contributed by atoms with Crippen molar-refractivity contribution in [2.75, 3.05) is 23.3 Å². The average Bonchev–Trinajstić information content (AvgIpc) is 2.77. The highest BCUT2D eigenvalue weighted by molar-refractivity contribution is 9.10. The van der Waals surface area contributed by atoms with Gasteiger partial charge in [-0.3, -0.25) is 4.79 Å². The van der Waals surface area contributed by atoms with Crippen LogP contribution in [0.4, 0.5) is 11.5 Å². The van der Waals surface area contributed by atoms with E-state index in [1.165, 1.54) is 5.56 Å². The molecule has 3 aromatic rings. The van der Waals surface area contributed by atoms with Crippen LogP contribution in [-0.2, 0) is 4.79 Å². The monoisotopic (exact) mass is 464 g/mol. The Morgan fingerprint density at radius 1 is 1.07 bits per heavy atom. The molecule has 1 fully saturated rings. The minimum atomic E-state index is -0.0683. The molecule has 1 N–H and O–H groups in total. The fourth-order valence-electron chi connectivity index (χ4n) is 3.74. The predicted octanol–water partition coefficient (Wildman–Crippen LogP) is 5.38. The first kappa shape index (κ1) is 20.5. The Balaban J connectivity index is 1.42. The quantitative estimate of drug-likeness (QED) is 0.562. The fourth-order valence-corrected chi connectivity index (χ4v) is 3.98. The molecule has 4 rings (SSSR count). The van der Waals surface area contributed by atoms with E-state index in [1.54, 1.807) is 0 Å². The minimum absolute atomic E-state index is 0.0608. The molecular weight excluding hydrogens is 440 g/mol. The van der Waals surface area contributed by atoms with Gasteiger partial charge in [-0.05, 0) is 62.6 Å². The molecule has 2 aromatic carbocycles. The lowest BCUT2D eigenvalue weighted by atomic mass is 9.97. The van der Waals surface area contributed by atoms with Crippen molar-refractivity contribution in [1.82, 2.24) is 10.2 Å². The van der Waals surface area contributed by atoms with Crippen LogP contribution in [0.5, 0.6) is 0 Å². The summed E-state index contributed by atoms with van der Waals surface area (Å²) in [7, 11) is 0. The summed E-state index contributed by atoms with van der Waals surface area (Å²) in [5.41, 5.74) is 5.07. The molecule has 0 saturated carbocycles. The summed E-state index contributed by atoms with van der Waals surface area (Å²) in [6.07, 6.45) is 1.84. The second-order valence-corrected chi connectivity index (χ2v) is 8.74. The zero-order valence-electron chi connectivity index (χ0n) is 17.2. The summed E-state index contributed by atoms with van der Waals surface area (Å²) in [5, 5.41) is 11.9. The Labute approximate surface area is 185 Å². The molecule has 2 heterocycles. The van der Waals surface area contributed by atoms with Gasteiger partial charge in [0.05, 0.1) is 11.6 Å². The molecule has 1 aromatic heterocycles. The largest absolute Gasteiger partial charge is 0.354 e. The normalized spacial score (nSPS) is 16.4. The van der Waals surface area contributed by atoms with E-state index < -0.39 is 0 Å². The van der Waals surface area contributed by atoms with E-state index in [1.807, 2.05) is 37.3 Å². The van der Waals surface area contributed by atoms with Crippen LogP contribution in [0, 0.1) is 19.8 Å². The summed E-state index contributed by atoms with van der Waals surface area (Å²) in [6, 6.07) is 18.1. The maximum Gasteiger partial charge on any atom is 0.229 e. The Morgan fingerprint density at radius 2 is 1.87 bits per heavy atom. The molecule has 1 aliphatic rings. The summed E-state index contributed by atoms with van der Waals surface area (Å²) >= 11 is 3.50. The molecule has 1 saturated heterocycles. The van der Waals surface area contributed by atoms with Crippen LogP contribution >= 0.6 is 15.9 Å². The van der Waals surface area contributed by atoms with E-state index in [-0.39, 0.29) is 11.8 Å². The highest BCUT2D eigenvalue weighted by atomic mass is 79.9. The van der Waals surface area contributed by atoms with E-state index in [0.717, 1.165) is 52.2 Å². The number of hydrogen-bond acceptors (Lipinski definition) is 4. The first-order chi connectivity index (χ1) is 14.5. The molecule has 1 aliphatic heterocycles. The first-order valence-electron chi connectivity index (χ1n) is 10.2.